The number of anilines is 3. The first-order chi connectivity index (χ1) is 27.8. The molecule has 0 saturated carbocycles. The van der Waals surface area contributed by atoms with Crippen molar-refractivity contribution in [1.29, 1.82) is 0 Å². The molecule has 0 fully saturated rings. The zero-order valence-electron chi connectivity index (χ0n) is 30.6. The normalized spacial score (nSPS) is 11.6. The molecule has 0 unspecified atom stereocenters. The summed E-state index contributed by atoms with van der Waals surface area (Å²) < 4.78 is 6.90. The van der Waals surface area contributed by atoms with Gasteiger partial charge in [0.05, 0.1) is 22.4 Å². The van der Waals surface area contributed by atoms with Crippen LogP contribution in [0.2, 0.25) is 0 Å². The quantitative estimate of drug-likeness (QED) is 0.160. The lowest BCUT2D eigenvalue weighted by Gasteiger charge is -2.30. The van der Waals surface area contributed by atoms with E-state index in [4.69, 9.17) is 4.42 Å². The van der Waals surface area contributed by atoms with E-state index in [0.29, 0.717) is 0 Å². The summed E-state index contributed by atoms with van der Waals surface area (Å²) in [4.78, 5) is 2.47. The molecular weight excluding hydrogens is 679 g/mol. The van der Waals surface area contributed by atoms with Crippen molar-refractivity contribution in [3.8, 4) is 33.4 Å². The molecule has 11 aromatic rings. The molecule has 0 aliphatic carbocycles. The highest BCUT2D eigenvalue weighted by Gasteiger charge is 2.25. The van der Waals surface area contributed by atoms with Gasteiger partial charge in [0, 0.05) is 21.7 Å². The summed E-state index contributed by atoms with van der Waals surface area (Å²) in [5, 5.41) is 9.42. The van der Waals surface area contributed by atoms with Crippen LogP contribution in [0.4, 0.5) is 17.1 Å². The number of para-hydroxylation sites is 1. The SMILES string of the molecule is c1ccc(-c2ccc(-c3ccc(N(c4ccc(-c5ccccc5)c5ccccc45)c4cccc5c4ccc4ccccc45)c4c3oc3ccccc34)cc2)cc1. The van der Waals surface area contributed by atoms with Gasteiger partial charge in [-0.25, -0.2) is 0 Å². The van der Waals surface area contributed by atoms with Crippen molar-refractivity contribution in [2.24, 2.45) is 0 Å². The Morgan fingerprint density at radius 1 is 0.286 bits per heavy atom. The molecule has 0 aliphatic rings. The fourth-order valence-electron chi connectivity index (χ4n) is 8.65. The summed E-state index contributed by atoms with van der Waals surface area (Å²) >= 11 is 0. The minimum Gasteiger partial charge on any atom is -0.455 e. The van der Waals surface area contributed by atoms with Gasteiger partial charge >= 0.3 is 0 Å². The van der Waals surface area contributed by atoms with Crippen LogP contribution in [0.5, 0.6) is 0 Å². The maximum atomic E-state index is 6.90. The fourth-order valence-corrected chi connectivity index (χ4v) is 8.65. The number of benzene rings is 10. The minimum atomic E-state index is 0.866. The Morgan fingerprint density at radius 2 is 0.821 bits per heavy atom. The van der Waals surface area contributed by atoms with Crippen molar-refractivity contribution < 1.29 is 4.42 Å². The van der Waals surface area contributed by atoms with Gasteiger partial charge in [0.25, 0.3) is 0 Å². The molecule has 2 heteroatoms. The van der Waals surface area contributed by atoms with Crippen LogP contribution in [-0.2, 0) is 0 Å². The van der Waals surface area contributed by atoms with Gasteiger partial charge in [0.2, 0.25) is 0 Å². The number of nitrogens with zero attached hydrogens (tertiary/aromatic N) is 1. The summed E-state index contributed by atoms with van der Waals surface area (Å²) in [6.07, 6.45) is 0. The first-order valence-corrected chi connectivity index (χ1v) is 19.2. The first-order valence-electron chi connectivity index (χ1n) is 19.2. The molecule has 56 heavy (non-hydrogen) atoms. The van der Waals surface area contributed by atoms with Gasteiger partial charge in [-0.15, -0.1) is 0 Å². The van der Waals surface area contributed by atoms with Gasteiger partial charge in [-0.05, 0) is 79.7 Å². The van der Waals surface area contributed by atoms with E-state index in [9.17, 15) is 0 Å². The van der Waals surface area contributed by atoms with Crippen LogP contribution in [-0.4, -0.2) is 0 Å². The molecule has 0 saturated heterocycles. The summed E-state index contributed by atoms with van der Waals surface area (Å²) in [7, 11) is 0. The predicted octanol–water partition coefficient (Wildman–Crippen LogP) is 15.5. The molecule has 10 aromatic carbocycles. The van der Waals surface area contributed by atoms with Crippen LogP contribution >= 0.6 is 0 Å². The summed E-state index contributed by atoms with van der Waals surface area (Å²) in [5.74, 6) is 0. The van der Waals surface area contributed by atoms with Crippen LogP contribution in [0.25, 0.3) is 87.6 Å². The lowest BCUT2D eigenvalue weighted by atomic mass is 9.94. The van der Waals surface area contributed by atoms with Gasteiger partial charge in [0.15, 0.2) is 0 Å². The largest absolute Gasteiger partial charge is 0.455 e. The number of hydrogen-bond donors (Lipinski definition) is 0. The second kappa shape index (κ2) is 13.2. The lowest BCUT2D eigenvalue weighted by Crippen LogP contribution is -2.12. The van der Waals surface area contributed by atoms with E-state index in [-0.39, 0.29) is 0 Å². The molecule has 0 aliphatic heterocycles. The van der Waals surface area contributed by atoms with Crippen molar-refractivity contribution >= 4 is 71.3 Å². The van der Waals surface area contributed by atoms with Gasteiger partial charge in [-0.1, -0.05) is 182 Å². The molecule has 0 N–H and O–H groups in total. The molecule has 0 amide bonds. The second-order valence-corrected chi connectivity index (χ2v) is 14.4. The van der Waals surface area contributed by atoms with Gasteiger partial charge < -0.3 is 9.32 Å². The summed E-state index contributed by atoms with van der Waals surface area (Å²) in [6.45, 7) is 0. The van der Waals surface area contributed by atoms with Crippen molar-refractivity contribution in [1.82, 2.24) is 0 Å². The second-order valence-electron chi connectivity index (χ2n) is 14.4. The molecule has 0 bridgehead atoms. The first kappa shape index (κ1) is 32.0. The molecule has 11 rings (SSSR count). The van der Waals surface area contributed by atoms with E-state index < -0.39 is 0 Å². The monoisotopic (exact) mass is 713 g/mol. The molecule has 0 spiro atoms. The summed E-state index contributed by atoms with van der Waals surface area (Å²) in [6, 6.07) is 76.4. The third-order valence-electron chi connectivity index (χ3n) is 11.3. The molecule has 262 valence electrons. The van der Waals surface area contributed by atoms with Crippen LogP contribution in [0, 0.1) is 0 Å². The van der Waals surface area contributed by atoms with Gasteiger partial charge in [0.1, 0.15) is 11.2 Å². The van der Waals surface area contributed by atoms with Crippen LogP contribution in [0.1, 0.15) is 0 Å². The number of furan rings is 1. The molecule has 0 radical (unpaired) electrons. The Hall–Kier alpha value is -7.42. The van der Waals surface area contributed by atoms with Crippen LogP contribution < -0.4 is 4.90 Å². The molecular formula is C54H35NO. The standard InChI is InChI=1S/C54H35NO/c1-3-14-36(15-4-1)37-26-28-40(29-27-37)43-33-35-51(53-48-22-11-12-25-52(48)56-54(43)53)55(49-24-13-23-45-41-19-8-7-18-39(41)30-31-47(45)49)50-34-32-42(38-16-5-2-6-17-38)44-20-9-10-21-46(44)50/h1-35H. The smallest absolute Gasteiger partial charge is 0.145 e. The number of hydrogen-bond acceptors (Lipinski definition) is 2. The highest BCUT2D eigenvalue weighted by Crippen LogP contribution is 2.50. The number of rotatable bonds is 6. The highest BCUT2D eigenvalue weighted by molar-refractivity contribution is 6.21. The zero-order valence-corrected chi connectivity index (χ0v) is 30.6. The van der Waals surface area contributed by atoms with E-state index in [0.717, 1.165) is 50.1 Å². The summed E-state index contributed by atoms with van der Waals surface area (Å²) in [5.41, 5.74) is 12.0. The average molecular weight is 714 g/mol. The van der Waals surface area contributed by atoms with E-state index in [2.05, 4.69) is 217 Å². The zero-order chi connectivity index (χ0) is 37.0. The van der Waals surface area contributed by atoms with E-state index in [1.54, 1.807) is 0 Å². The lowest BCUT2D eigenvalue weighted by molar-refractivity contribution is 0.670. The van der Waals surface area contributed by atoms with Crippen molar-refractivity contribution in [2.75, 3.05) is 4.90 Å². The maximum absolute atomic E-state index is 6.90. The minimum absolute atomic E-state index is 0.866. The van der Waals surface area contributed by atoms with Gasteiger partial charge in [-0.3, -0.25) is 0 Å². The number of fused-ring (bicyclic) bond motifs is 7. The Morgan fingerprint density at radius 3 is 1.62 bits per heavy atom. The topological polar surface area (TPSA) is 16.4 Å². The molecule has 1 heterocycles. The van der Waals surface area contributed by atoms with Crippen molar-refractivity contribution in [3.63, 3.8) is 0 Å². The molecule has 2 nitrogen and oxygen atoms in total. The molecule has 0 atom stereocenters. The molecule has 1 aromatic heterocycles. The average Bonchev–Trinajstić information content (AvgIpc) is 3.67. The Bertz CT molecular complexity index is 3230. The predicted molar refractivity (Wildman–Crippen MR) is 237 cm³/mol. The highest BCUT2D eigenvalue weighted by atomic mass is 16.3. The Kier molecular flexibility index (Phi) is 7.53. The van der Waals surface area contributed by atoms with E-state index in [1.165, 1.54) is 54.6 Å². The van der Waals surface area contributed by atoms with E-state index in [1.807, 2.05) is 0 Å². The third-order valence-corrected chi connectivity index (χ3v) is 11.3. The third kappa shape index (κ3) is 5.19. The Balaban J connectivity index is 1.21. The Labute approximate surface area is 325 Å². The van der Waals surface area contributed by atoms with Crippen molar-refractivity contribution in [2.45, 2.75) is 0 Å². The van der Waals surface area contributed by atoms with Crippen LogP contribution in [0.3, 0.4) is 0 Å². The maximum Gasteiger partial charge on any atom is 0.145 e. The van der Waals surface area contributed by atoms with Crippen molar-refractivity contribution in [3.05, 3.63) is 212 Å². The fraction of sp³-hybridized carbons (Fsp3) is 0. The van der Waals surface area contributed by atoms with Crippen LogP contribution in [0.15, 0.2) is 217 Å². The van der Waals surface area contributed by atoms with E-state index >= 15 is 0 Å². The van der Waals surface area contributed by atoms with Gasteiger partial charge in [-0.2, -0.15) is 0 Å².